The largest absolute Gasteiger partial charge is 0.507 e. The zero-order valence-electron chi connectivity index (χ0n) is 6.10. The molecule has 13 heavy (non-hydrogen) atoms. The first-order valence-electron chi connectivity index (χ1n) is 3.13. The van der Waals surface area contributed by atoms with Gasteiger partial charge in [-0.1, -0.05) is 0 Å². The number of hydrogen-bond acceptors (Lipinski definition) is 2. The average Bonchev–Trinajstić information content (AvgIpc) is 1.99. The maximum atomic E-state index is 12.8. The summed E-state index contributed by atoms with van der Waals surface area (Å²) in [6.45, 7) is -3.12. The molecule has 0 radical (unpaired) electrons. The van der Waals surface area contributed by atoms with Crippen LogP contribution in [0.15, 0.2) is 16.6 Å². The van der Waals surface area contributed by atoms with Crippen molar-refractivity contribution in [3.63, 3.8) is 0 Å². The van der Waals surface area contributed by atoms with Crippen molar-refractivity contribution in [3.8, 4) is 11.5 Å². The Bertz CT molecular complexity index is 317. The number of hydrogen-bond donors (Lipinski definition) is 1. The van der Waals surface area contributed by atoms with E-state index in [1.807, 2.05) is 0 Å². The molecule has 0 fully saturated rings. The SMILES string of the molecule is Oc1cc(OC(F)F)c(F)cc1Br. The van der Waals surface area contributed by atoms with Gasteiger partial charge in [0.2, 0.25) is 0 Å². The van der Waals surface area contributed by atoms with Crippen molar-refractivity contribution in [1.82, 2.24) is 0 Å². The monoisotopic (exact) mass is 256 g/mol. The summed E-state index contributed by atoms with van der Waals surface area (Å²) < 4.78 is 40.0. The molecule has 0 bridgehead atoms. The normalized spacial score (nSPS) is 10.5. The van der Waals surface area contributed by atoms with Gasteiger partial charge >= 0.3 is 6.61 Å². The first kappa shape index (κ1) is 10.2. The predicted octanol–water partition coefficient (Wildman–Crippen LogP) is 2.90. The minimum absolute atomic E-state index is 0.0756. The summed E-state index contributed by atoms with van der Waals surface area (Å²) in [4.78, 5) is 0. The molecular weight excluding hydrogens is 253 g/mol. The van der Waals surface area contributed by atoms with Crippen LogP contribution in [-0.2, 0) is 0 Å². The molecule has 0 aliphatic rings. The minimum Gasteiger partial charge on any atom is -0.507 e. The van der Waals surface area contributed by atoms with Crippen LogP contribution in [0.3, 0.4) is 0 Å². The summed E-state index contributed by atoms with van der Waals surface area (Å²) in [6, 6.07) is 1.61. The lowest BCUT2D eigenvalue weighted by atomic mass is 10.3. The maximum absolute atomic E-state index is 12.8. The number of benzene rings is 1. The molecule has 0 saturated heterocycles. The van der Waals surface area contributed by atoms with E-state index in [0.717, 1.165) is 12.1 Å². The van der Waals surface area contributed by atoms with Crippen LogP contribution in [0.1, 0.15) is 0 Å². The topological polar surface area (TPSA) is 29.5 Å². The number of rotatable bonds is 2. The van der Waals surface area contributed by atoms with Gasteiger partial charge in [-0.3, -0.25) is 0 Å². The first-order chi connectivity index (χ1) is 6.00. The van der Waals surface area contributed by atoms with Gasteiger partial charge in [-0.05, 0) is 22.0 Å². The molecule has 0 atom stereocenters. The fourth-order valence-corrected chi connectivity index (χ4v) is 1.02. The van der Waals surface area contributed by atoms with E-state index in [2.05, 4.69) is 20.7 Å². The van der Waals surface area contributed by atoms with Crippen molar-refractivity contribution in [2.45, 2.75) is 6.61 Å². The third kappa shape index (κ3) is 2.51. The summed E-state index contributed by atoms with van der Waals surface area (Å²) in [6.07, 6.45) is 0. The fraction of sp³-hybridized carbons (Fsp3) is 0.143. The highest BCUT2D eigenvalue weighted by Gasteiger charge is 2.12. The van der Waals surface area contributed by atoms with Gasteiger partial charge in [0.15, 0.2) is 11.6 Å². The predicted molar refractivity (Wildman–Crippen MR) is 42.4 cm³/mol. The minimum atomic E-state index is -3.12. The van der Waals surface area contributed by atoms with Gasteiger partial charge in [-0.25, -0.2) is 4.39 Å². The summed E-state index contributed by atoms with van der Waals surface area (Å²) >= 11 is 2.81. The van der Waals surface area contributed by atoms with Gasteiger partial charge in [-0.2, -0.15) is 8.78 Å². The average molecular weight is 257 g/mol. The Labute approximate surface area is 80.1 Å². The molecule has 0 spiro atoms. The van der Waals surface area contributed by atoms with E-state index in [1.165, 1.54) is 0 Å². The number of alkyl halides is 2. The van der Waals surface area contributed by atoms with Crippen LogP contribution in [0.25, 0.3) is 0 Å². The van der Waals surface area contributed by atoms with E-state index in [9.17, 15) is 13.2 Å². The molecule has 1 rings (SSSR count). The van der Waals surface area contributed by atoms with Crippen molar-refractivity contribution in [3.05, 3.63) is 22.4 Å². The Morgan fingerprint density at radius 2 is 2.00 bits per heavy atom. The molecule has 1 aromatic rings. The highest BCUT2D eigenvalue weighted by molar-refractivity contribution is 9.10. The lowest BCUT2D eigenvalue weighted by Crippen LogP contribution is -2.03. The fourth-order valence-electron chi connectivity index (χ4n) is 0.705. The van der Waals surface area contributed by atoms with E-state index in [-0.39, 0.29) is 10.2 Å². The highest BCUT2D eigenvalue weighted by Crippen LogP contribution is 2.31. The number of aromatic hydroxyl groups is 1. The number of halogens is 4. The molecule has 1 aromatic carbocycles. The molecule has 0 heterocycles. The van der Waals surface area contributed by atoms with Crippen molar-refractivity contribution in [2.75, 3.05) is 0 Å². The van der Waals surface area contributed by atoms with Gasteiger partial charge in [0.1, 0.15) is 5.75 Å². The van der Waals surface area contributed by atoms with Gasteiger partial charge in [0.25, 0.3) is 0 Å². The summed E-state index contributed by atoms with van der Waals surface area (Å²) in [5, 5.41) is 9.00. The van der Waals surface area contributed by atoms with E-state index >= 15 is 0 Å². The van der Waals surface area contributed by atoms with Crippen molar-refractivity contribution < 1.29 is 23.0 Å². The smallest absolute Gasteiger partial charge is 0.387 e. The molecule has 6 heteroatoms. The van der Waals surface area contributed by atoms with Crippen LogP contribution in [0.4, 0.5) is 13.2 Å². The molecule has 0 amide bonds. The molecule has 0 aromatic heterocycles. The van der Waals surface area contributed by atoms with Crippen LogP contribution < -0.4 is 4.74 Å². The van der Waals surface area contributed by atoms with E-state index in [4.69, 9.17) is 5.11 Å². The van der Waals surface area contributed by atoms with Crippen LogP contribution in [0, 0.1) is 5.82 Å². The summed E-state index contributed by atoms with van der Waals surface area (Å²) in [7, 11) is 0. The Morgan fingerprint density at radius 1 is 1.38 bits per heavy atom. The Balaban J connectivity index is 3.01. The van der Waals surface area contributed by atoms with Gasteiger partial charge < -0.3 is 9.84 Å². The van der Waals surface area contributed by atoms with E-state index in [1.54, 1.807) is 0 Å². The number of phenolic OH excluding ortho intramolecular Hbond substituents is 1. The lowest BCUT2D eigenvalue weighted by molar-refractivity contribution is -0.0522. The van der Waals surface area contributed by atoms with E-state index < -0.39 is 18.2 Å². The highest BCUT2D eigenvalue weighted by atomic mass is 79.9. The van der Waals surface area contributed by atoms with Crippen LogP contribution in [-0.4, -0.2) is 11.7 Å². The standard InChI is InChI=1S/C7H4BrF3O2/c8-3-1-4(9)6(2-5(3)12)13-7(10)11/h1-2,7,12H. The second-order valence-corrected chi connectivity index (χ2v) is 2.97. The van der Waals surface area contributed by atoms with Crippen LogP contribution in [0.2, 0.25) is 0 Å². The molecule has 0 saturated carbocycles. The number of ether oxygens (including phenoxy) is 1. The van der Waals surface area contributed by atoms with Gasteiger partial charge in [0, 0.05) is 6.07 Å². The Hall–Kier alpha value is -0.910. The van der Waals surface area contributed by atoms with Crippen molar-refractivity contribution in [2.24, 2.45) is 0 Å². The van der Waals surface area contributed by atoms with Crippen molar-refractivity contribution >= 4 is 15.9 Å². The molecule has 1 N–H and O–H groups in total. The quantitative estimate of drug-likeness (QED) is 0.882. The second-order valence-electron chi connectivity index (χ2n) is 2.11. The molecule has 72 valence electrons. The molecule has 0 aliphatic heterocycles. The van der Waals surface area contributed by atoms with Gasteiger partial charge in [-0.15, -0.1) is 0 Å². The first-order valence-corrected chi connectivity index (χ1v) is 3.93. The Kier molecular flexibility index (Phi) is 3.02. The number of phenols is 1. The zero-order valence-corrected chi connectivity index (χ0v) is 7.69. The van der Waals surface area contributed by atoms with Gasteiger partial charge in [0.05, 0.1) is 4.47 Å². The maximum Gasteiger partial charge on any atom is 0.387 e. The lowest BCUT2D eigenvalue weighted by Gasteiger charge is -2.06. The molecule has 0 aliphatic carbocycles. The summed E-state index contributed by atoms with van der Waals surface area (Å²) in [5.41, 5.74) is 0. The Morgan fingerprint density at radius 3 is 2.54 bits per heavy atom. The zero-order chi connectivity index (χ0) is 10.0. The second kappa shape index (κ2) is 3.87. The van der Waals surface area contributed by atoms with E-state index in [0.29, 0.717) is 0 Å². The third-order valence-electron chi connectivity index (χ3n) is 1.22. The molecule has 0 unspecified atom stereocenters. The molecular formula is C7H4BrF3O2. The third-order valence-corrected chi connectivity index (χ3v) is 1.85. The van der Waals surface area contributed by atoms with Crippen LogP contribution >= 0.6 is 15.9 Å². The van der Waals surface area contributed by atoms with Crippen molar-refractivity contribution in [1.29, 1.82) is 0 Å². The summed E-state index contributed by atoms with van der Waals surface area (Å²) in [5.74, 6) is -2.02. The molecule has 2 nitrogen and oxygen atoms in total. The van der Waals surface area contributed by atoms with Crippen LogP contribution in [0.5, 0.6) is 11.5 Å².